The molecule has 0 spiro atoms. The van der Waals surface area contributed by atoms with Gasteiger partial charge in [0.2, 0.25) is 0 Å². The molecule has 0 aromatic carbocycles. The number of thioether (sulfide) groups is 1. The van der Waals surface area contributed by atoms with Gasteiger partial charge in [-0.25, -0.2) is 4.98 Å². The number of unbranched alkanes of at least 4 members (excludes halogenated alkanes) is 2. The molecule has 0 radical (unpaired) electrons. The summed E-state index contributed by atoms with van der Waals surface area (Å²) in [6.07, 6.45) is 5.36. The van der Waals surface area contributed by atoms with Crippen molar-refractivity contribution in [2.75, 3.05) is 11.5 Å². The van der Waals surface area contributed by atoms with E-state index in [1.807, 2.05) is 0 Å². The molecule has 0 aliphatic heterocycles. The van der Waals surface area contributed by atoms with Gasteiger partial charge in [0.1, 0.15) is 6.33 Å². The van der Waals surface area contributed by atoms with E-state index in [0.29, 0.717) is 0 Å². The van der Waals surface area contributed by atoms with Gasteiger partial charge in [-0.2, -0.15) is 17.0 Å². The fourth-order valence-electron chi connectivity index (χ4n) is 0.777. The number of rotatable bonds is 6. The van der Waals surface area contributed by atoms with Crippen LogP contribution in [0, 0.1) is 0 Å². The third-order valence-corrected chi connectivity index (χ3v) is 3.57. The topological polar surface area (TPSA) is 25.8 Å². The smallest absolute Gasteiger partial charge is 0.169 e. The van der Waals surface area contributed by atoms with Crippen molar-refractivity contribution < 1.29 is 0 Å². The van der Waals surface area contributed by atoms with Crippen LogP contribution in [0.4, 0.5) is 0 Å². The lowest BCUT2D eigenvalue weighted by Gasteiger charge is -1.95. The van der Waals surface area contributed by atoms with E-state index in [0.717, 1.165) is 15.8 Å². The monoisotopic (exact) mass is 220 g/mol. The summed E-state index contributed by atoms with van der Waals surface area (Å²) in [6.45, 7) is 0. The Bertz CT molecular complexity index is 189. The van der Waals surface area contributed by atoms with Crippen LogP contribution in [0.25, 0.3) is 0 Å². The van der Waals surface area contributed by atoms with E-state index in [-0.39, 0.29) is 0 Å². The molecule has 12 heavy (non-hydrogen) atoms. The van der Waals surface area contributed by atoms with Crippen LogP contribution in [0.15, 0.2) is 10.7 Å². The number of nitrogens with zero attached hydrogens (tertiary/aromatic N) is 2. The molecule has 0 amide bonds. The molecule has 2 nitrogen and oxygen atoms in total. The zero-order chi connectivity index (χ0) is 8.65. The summed E-state index contributed by atoms with van der Waals surface area (Å²) in [7, 11) is 0. The molecule has 1 aromatic heterocycles. The second-order valence-electron chi connectivity index (χ2n) is 2.34. The van der Waals surface area contributed by atoms with Crippen LogP contribution in [-0.4, -0.2) is 20.9 Å². The molecule has 1 aromatic rings. The van der Waals surface area contributed by atoms with Crippen molar-refractivity contribution >= 4 is 35.9 Å². The summed E-state index contributed by atoms with van der Waals surface area (Å²) in [4.78, 5) is 4.09. The van der Waals surface area contributed by atoms with E-state index in [9.17, 15) is 0 Å². The van der Waals surface area contributed by atoms with Gasteiger partial charge in [0.15, 0.2) is 4.34 Å². The SMILES string of the molecule is SCCCCCSc1ncns1. The summed E-state index contributed by atoms with van der Waals surface area (Å²) in [5.41, 5.74) is 0. The van der Waals surface area contributed by atoms with Crippen molar-refractivity contribution in [3.8, 4) is 0 Å². The van der Waals surface area contributed by atoms with Crippen LogP contribution in [0.5, 0.6) is 0 Å². The minimum absolute atomic E-state index is 1.00. The summed E-state index contributed by atoms with van der Waals surface area (Å²) in [5, 5.41) is 0. The average molecular weight is 220 g/mol. The molecule has 0 fully saturated rings. The Morgan fingerprint density at radius 3 is 3.00 bits per heavy atom. The molecular formula is C7H12N2S3. The van der Waals surface area contributed by atoms with Crippen LogP contribution in [-0.2, 0) is 0 Å². The van der Waals surface area contributed by atoms with Crippen LogP contribution in [0.2, 0.25) is 0 Å². The molecule has 5 heteroatoms. The second kappa shape index (κ2) is 6.74. The summed E-state index contributed by atoms with van der Waals surface area (Å²) in [5.74, 6) is 2.16. The highest BCUT2D eigenvalue weighted by Gasteiger charge is 1.96. The Hall–Kier alpha value is 0.260. The lowest BCUT2D eigenvalue weighted by atomic mass is 10.3. The molecule has 1 rings (SSSR count). The maximum absolute atomic E-state index is 4.16. The predicted molar refractivity (Wildman–Crippen MR) is 58.3 cm³/mol. The quantitative estimate of drug-likeness (QED) is 0.453. The van der Waals surface area contributed by atoms with Gasteiger partial charge >= 0.3 is 0 Å². The lowest BCUT2D eigenvalue weighted by molar-refractivity contribution is 0.787. The van der Waals surface area contributed by atoms with Crippen LogP contribution >= 0.6 is 35.9 Å². The van der Waals surface area contributed by atoms with Gasteiger partial charge in [-0.05, 0) is 30.1 Å². The first-order valence-electron chi connectivity index (χ1n) is 3.94. The van der Waals surface area contributed by atoms with Crippen LogP contribution in [0.1, 0.15) is 19.3 Å². The van der Waals surface area contributed by atoms with Crippen LogP contribution < -0.4 is 0 Å². The van der Waals surface area contributed by atoms with Gasteiger partial charge in [-0.1, -0.05) is 18.2 Å². The molecular weight excluding hydrogens is 208 g/mol. The Balaban J connectivity index is 1.96. The third kappa shape index (κ3) is 4.33. The fraction of sp³-hybridized carbons (Fsp3) is 0.714. The van der Waals surface area contributed by atoms with E-state index in [2.05, 4.69) is 22.0 Å². The Kier molecular flexibility index (Phi) is 5.81. The second-order valence-corrected chi connectivity index (χ2v) is 4.91. The van der Waals surface area contributed by atoms with Gasteiger partial charge < -0.3 is 0 Å². The summed E-state index contributed by atoms with van der Waals surface area (Å²) < 4.78 is 5.02. The minimum Gasteiger partial charge on any atom is -0.216 e. The standard InChI is InChI=1S/C7H12N2S3/c10-4-2-1-3-5-11-7-8-6-9-12-7/h6,10H,1-5H2. The van der Waals surface area contributed by atoms with Gasteiger partial charge in [-0.3, -0.25) is 0 Å². The summed E-state index contributed by atoms with van der Waals surface area (Å²) in [6, 6.07) is 0. The zero-order valence-electron chi connectivity index (χ0n) is 6.77. The van der Waals surface area contributed by atoms with E-state index in [4.69, 9.17) is 0 Å². The first-order chi connectivity index (χ1) is 5.93. The molecule has 68 valence electrons. The average Bonchev–Trinajstić information content (AvgIpc) is 2.57. The third-order valence-electron chi connectivity index (χ3n) is 1.37. The molecule has 0 saturated heterocycles. The van der Waals surface area contributed by atoms with Gasteiger partial charge in [0, 0.05) is 5.75 Å². The Morgan fingerprint density at radius 2 is 2.33 bits per heavy atom. The van der Waals surface area contributed by atoms with Crippen LogP contribution in [0.3, 0.4) is 0 Å². The predicted octanol–water partition coefficient (Wildman–Crippen LogP) is 2.73. The normalized spacial score (nSPS) is 10.4. The molecule has 1 heterocycles. The highest BCUT2D eigenvalue weighted by Crippen LogP contribution is 2.19. The molecule has 0 atom stereocenters. The maximum atomic E-state index is 4.16. The first kappa shape index (κ1) is 10.3. The van der Waals surface area contributed by atoms with E-state index in [1.165, 1.54) is 30.8 Å². The first-order valence-corrected chi connectivity index (χ1v) is 6.33. The van der Waals surface area contributed by atoms with E-state index in [1.54, 1.807) is 18.1 Å². The van der Waals surface area contributed by atoms with E-state index >= 15 is 0 Å². The molecule has 0 aliphatic rings. The number of aromatic nitrogens is 2. The van der Waals surface area contributed by atoms with Crippen molar-refractivity contribution in [1.82, 2.24) is 9.36 Å². The molecule has 0 saturated carbocycles. The fourth-order valence-corrected chi connectivity index (χ4v) is 2.51. The summed E-state index contributed by atoms with van der Waals surface area (Å²) >= 11 is 7.43. The van der Waals surface area contributed by atoms with Crippen molar-refractivity contribution in [2.24, 2.45) is 0 Å². The maximum Gasteiger partial charge on any atom is 0.169 e. The van der Waals surface area contributed by atoms with Crippen molar-refractivity contribution in [3.63, 3.8) is 0 Å². The Labute approximate surface area is 86.8 Å². The highest BCUT2D eigenvalue weighted by molar-refractivity contribution is 8.00. The van der Waals surface area contributed by atoms with E-state index < -0.39 is 0 Å². The largest absolute Gasteiger partial charge is 0.216 e. The highest BCUT2D eigenvalue weighted by atomic mass is 32.2. The van der Waals surface area contributed by atoms with Gasteiger partial charge in [0.25, 0.3) is 0 Å². The van der Waals surface area contributed by atoms with Crippen molar-refractivity contribution in [3.05, 3.63) is 6.33 Å². The number of hydrogen-bond donors (Lipinski definition) is 1. The van der Waals surface area contributed by atoms with Gasteiger partial charge in [0.05, 0.1) is 0 Å². The van der Waals surface area contributed by atoms with Gasteiger partial charge in [-0.15, -0.1) is 0 Å². The molecule has 0 N–H and O–H groups in total. The number of thiol groups is 1. The van der Waals surface area contributed by atoms with Crippen molar-refractivity contribution in [1.29, 1.82) is 0 Å². The molecule has 0 aliphatic carbocycles. The lowest BCUT2D eigenvalue weighted by Crippen LogP contribution is -1.81. The van der Waals surface area contributed by atoms with Crippen molar-refractivity contribution in [2.45, 2.75) is 23.6 Å². The molecule has 0 bridgehead atoms. The Morgan fingerprint density at radius 1 is 1.42 bits per heavy atom. The zero-order valence-corrected chi connectivity index (χ0v) is 9.30. The number of hydrogen-bond acceptors (Lipinski definition) is 5. The molecule has 0 unspecified atom stereocenters. The minimum atomic E-state index is 1.00.